The van der Waals surface area contributed by atoms with Crippen LogP contribution in [0.2, 0.25) is 0 Å². The van der Waals surface area contributed by atoms with Gasteiger partial charge in [-0.05, 0) is 48.6 Å². The highest BCUT2D eigenvalue weighted by Crippen LogP contribution is 2.39. The largest absolute Gasteiger partial charge is 0.485 e. The molecule has 0 bridgehead atoms. The molecule has 4 heteroatoms. The molecule has 2 unspecified atom stereocenters. The predicted molar refractivity (Wildman–Crippen MR) is 115 cm³/mol. The van der Waals surface area contributed by atoms with Crippen LogP contribution in [-0.4, -0.2) is 11.9 Å². The quantitative estimate of drug-likeness (QED) is 0.706. The Kier molecular flexibility index (Phi) is 8.52. The van der Waals surface area contributed by atoms with Gasteiger partial charge in [0.05, 0.1) is 0 Å². The summed E-state index contributed by atoms with van der Waals surface area (Å²) in [5, 5.41) is 0. The molecule has 152 valence electrons. The highest BCUT2D eigenvalue weighted by Gasteiger charge is 2.30. The molecule has 0 radical (unpaired) electrons. The second-order valence-electron chi connectivity index (χ2n) is 7.62. The lowest BCUT2D eigenvalue weighted by Crippen LogP contribution is -2.17. The van der Waals surface area contributed by atoms with Crippen LogP contribution in [0.25, 0.3) is 0 Å². The van der Waals surface area contributed by atoms with Crippen molar-refractivity contribution in [3.8, 4) is 5.75 Å². The third-order valence-corrected chi connectivity index (χ3v) is 5.25. The maximum Gasteiger partial charge on any atom is 0.248 e. The van der Waals surface area contributed by atoms with E-state index in [2.05, 4.69) is 39.0 Å². The Balaban J connectivity index is 0.000000300. The molecular formula is C24H34N2O2. The molecule has 0 fully saturated rings. The van der Waals surface area contributed by atoms with Crippen LogP contribution >= 0.6 is 0 Å². The number of ether oxygens (including phenoxy) is 1. The van der Waals surface area contributed by atoms with Crippen molar-refractivity contribution < 1.29 is 9.53 Å². The Morgan fingerprint density at radius 3 is 2.61 bits per heavy atom. The first-order valence-electron chi connectivity index (χ1n) is 10.4. The number of primary amides is 1. The lowest BCUT2D eigenvalue weighted by molar-refractivity contribution is 0.0999. The highest BCUT2D eigenvalue weighted by molar-refractivity contribution is 5.93. The van der Waals surface area contributed by atoms with Crippen LogP contribution < -0.4 is 16.2 Å². The highest BCUT2D eigenvalue weighted by atomic mass is 16.5. The average molecular weight is 383 g/mol. The Hall–Kier alpha value is -2.33. The number of benzene rings is 2. The number of hydrogen-bond acceptors (Lipinski definition) is 3. The van der Waals surface area contributed by atoms with Gasteiger partial charge < -0.3 is 16.2 Å². The van der Waals surface area contributed by atoms with Crippen LogP contribution in [0.1, 0.15) is 74.0 Å². The first-order valence-corrected chi connectivity index (χ1v) is 10.4. The van der Waals surface area contributed by atoms with E-state index in [4.69, 9.17) is 16.2 Å². The van der Waals surface area contributed by atoms with Crippen molar-refractivity contribution in [2.75, 3.05) is 0 Å². The van der Waals surface area contributed by atoms with E-state index in [9.17, 15) is 4.79 Å². The fourth-order valence-electron chi connectivity index (χ4n) is 3.48. The van der Waals surface area contributed by atoms with Gasteiger partial charge in [0.15, 0.2) is 0 Å². The van der Waals surface area contributed by atoms with Crippen molar-refractivity contribution in [1.29, 1.82) is 0 Å². The molecule has 0 heterocycles. The number of carbonyl (C=O) groups excluding carboxylic acids is 1. The zero-order valence-electron chi connectivity index (χ0n) is 17.4. The van der Waals surface area contributed by atoms with Crippen LogP contribution in [0, 0.1) is 5.92 Å². The first kappa shape index (κ1) is 22.0. The molecule has 0 aliphatic heterocycles. The number of amides is 1. The van der Waals surface area contributed by atoms with Gasteiger partial charge in [-0.15, -0.1) is 0 Å². The molecule has 2 aromatic carbocycles. The molecule has 0 aromatic heterocycles. The van der Waals surface area contributed by atoms with Crippen LogP contribution in [0.5, 0.6) is 5.75 Å². The minimum Gasteiger partial charge on any atom is -0.485 e. The molecule has 0 saturated heterocycles. The van der Waals surface area contributed by atoms with E-state index in [0.717, 1.165) is 12.8 Å². The van der Waals surface area contributed by atoms with E-state index in [1.165, 1.54) is 30.4 Å². The number of nitrogens with two attached hydrogens (primary N) is 2. The number of rotatable bonds is 7. The molecule has 28 heavy (non-hydrogen) atoms. The van der Waals surface area contributed by atoms with Crippen molar-refractivity contribution >= 4 is 5.91 Å². The van der Waals surface area contributed by atoms with Crippen LogP contribution in [-0.2, 0) is 6.42 Å². The molecule has 0 spiro atoms. The fraction of sp³-hybridized carbons (Fsp3) is 0.458. The standard InChI is InChI=1S/C17H17NO2.C7H17N/c1-11-9-12-5-2-3-8-15(12)16(11)20-14-7-4-6-13(10-14)17(18)19;1-3-5-6-7(8)4-2/h2-8,10-11,16H,9H2,1H3,(H2,18,19);7H,3-6,8H2,1-2H3/t11-,16?;/m1./s1. The second-order valence-corrected chi connectivity index (χ2v) is 7.62. The van der Waals surface area contributed by atoms with Crippen molar-refractivity contribution in [1.82, 2.24) is 0 Å². The number of carbonyl (C=O) groups is 1. The first-order chi connectivity index (χ1) is 13.5. The summed E-state index contributed by atoms with van der Waals surface area (Å²) in [5.74, 6) is 0.676. The van der Waals surface area contributed by atoms with Gasteiger partial charge in [-0.25, -0.2) is 0 Å². The Bertz CT molecular complexity index is 760. The Morgan fingerprint density at radius 2 is 1.93 bits per heavy atom. The van der Waals surface area contributed by atoms with Gasteiger partial charge in [-0.3, -0.25) is 4.79 Å². The third kappa shape index (κ3) is 6.10. The van der Waals surface area contributed by atoms with E-state index in [0.29, 0.717) is 23.3 Å². The molecule has 1 aliphatic rings. The maximum absolute atomic E-state index is 11.2. The number of fused-ring (bicyclic) bond motifs is 1. The average Bonchev–Trinajstić information content (AvgIpc) is 3.02. The SMILES string of the molecule is CCCCC(N)CC.C[C@@H]1Cc2ccccc2C1Oc1cccc(C(N)=O)c1. The van der Waals surface area contributed by atoms with E-state index in [1.807, 2.05) is 12.1 Å². The summed E-state index contributed by atoms with van der Waals surface area (Å²) in [6.07, 6.45) is 5.95. The second kappa shape index (κ2) is 10.9. The monoisotopic (exact) mass is 382 g/mol. The Labute approximate surface area is 169 Å². The van der Waals surface area contributed by atoms with E-state index >= 15 is 0 Å². The lowest BCUT2D eigenvalue weighted by Gasteiger charge is -2.19. The molecule has 3 atom stereocenters. The summed E-state index contributed by atoms with van der Waals surface area (Å²) in [7, 11) is 0. The lowest BCUT2D eigenvalue weighted by atomic mass is 10.1. The van der Waals surface area contributed by atoms with E-state index < -0.39 is 5.91 Å². The smallest absolute Gasteiger partial charge is 0.248 e. The molecule has 2 aromatic rings. The zero-order valence-corrected chi connectivity index (χ0v) is 17.4. The summed E-state index contributed by atoms with van der Waals surface area (Å²) in [6, 6.07) is 15.9. The van der Waals surface area contributed by atoms with E-state index in [-0.39, 0.29) is 6.10 Å². The van der Waals surface area contributed by atoms with Crippen molar-refractivity contribution in [3.05, 3.63) is 65.2 Å². The minimum atomic E-state index is -0.435. The summed E-state index contributed by atoms with van der Waals surface area (Å²) in [4.78, 5) is 11.2. The summed E-state index contributed by atoms with van der Waals surface area (Å²) >= 11 is 0. The zero-order chi connectivity index (χ0) is 20.5. The van der Waals surface area contributed by atoms with Gasteiger partial charge in [0, 0.05) is 17.5 Å². The third-order valence-electron chi connectivity index (χ3n) is 5.25. The van der Waals surface area contributed by atoms with Gasteiger partial charge in [-0.1, -0.05) is 63.9 Å². The molecule has 1 amide bonds. The molecular weight excluding hydrogens is 348 g/mol. The van der Waals surface area contributed by atoms with Crippen molar-refractivity contribution in [2.45, 2.75) is 65.0 Å². The van der Waals surface area contributed by atoms with Gasteiger partial charge in [0.2, 0.25) is 5.91 Å². The maximum atomic E-state index is 11.2. The molecule has 4 nitrogen and oxygen atoms in total. The van der Waals surface area contributed by atoms with Crippen molar-refractivity contribution in [2.24, 2.45) is 17.4 Å². The van der Waals surface area contributed by atoms with Crippen LogP contribution in [0.3, 0.4) is 0 Å². The Morgan fingerprint density at radius 1 is 1.18 bits per heavy atom. The topological polar surface area (TPSA) is 78.3 Å². The number of hydrogen-bond donors (Lipinski definition) is 2. The molecule has 1 aliphatic carbocycles. The predicted octanol–water partition coefficient (Wildman–Crippen LogP) is 5.01. The van der Waals surface area contributed by atoms with Crippen LogP contribution in [0.15, 0.2) is 48.5 Å². The van der Waals surface area contributed by atoms with Crippen LogP contribution in [0.4, 0.5) is 0 Å². The number of unbranched alkanes of at least 4 members (excludes halogenated alkanes) is 1. The van der Waals surface area contributed by atoms with Gasteiger partial charge in [0.1, 0.15) is 11.9 Å². The minimum absolute atomic E-state index is 0.0364. The molecule has 4 N–H and O–H groups in total. The fourth-order valence-corrected chi connectivity index (χ4v) is 3.48. The normalized spacial score (nSPS) is 18.6. The van der Waals surface area contributed by atoms with E-state index in [1.54, 1.807) is 18.2 Å². The van der Waals surface area contributed by atoms with Gasteiger partial charge in [0.25, 0.3) is 0 Å². The molecule has 0 saturated carbocycles. The van der Waals surface area contributed by atoms with Crippen molar-refractivity contribution in [3.63, 3.8) is 0 Å². The molecule has 3 rings (SSSR count). The summed E-state index contributed by atoms with van der Waals surface area (Å²) < 4.78 is 6.10. The van der Waals surface area contributed by atoms with Gasteiger partial charge in [-0.2, -0.15) is 0 Å². The summed E-state index contributed by atoms with van der Waals surface area (Å²) in [5.41, 5.74) is 14.0. The summed E-state index contributed by atoms with van der Waals surface area (Å²) in [6.45, 7) is 6.52. The van der Waals surface area contributed by atoms with Gasteiger partial charge >= 0.3 is 0 Å².